The van der Waals surface area contributed by atoms with Gasteiger partial charge in [0, 0.05) is 33.1 Å². The molecule has 10 amide bonds. The Morgan fingerprint density at radius 1 is 0.384 bits per heavy atom. The first kappa shape index (κ1) is 78.0. The maximum absolute atomic E-state index is 14.5. The summed E-state index contributed by atoms with van der Waals surface area (Å²) in [5.41, 5.74) is 60.8. The molecule has 0 aliphatic rings. The van der Waals surface area contributed by atoms with Gasteiger partial charge in [0.15, 0.2) is 23.8 Å². The van der Waals surface area contributed by atoms with Crippen molar-refractivity contribution in [3.63, 3.8) is 0 Å². The summed E-state index contributed by atoms with van der Waals surface area (Å²) in [6.07, 6.45) is 2.39. The van der Waals surface area contributed by atoms with E-state index in [-0.39, 0.29) is 127 Å². The quantitative estimate of drug-likeness (QED) is 0.0153. The Kier molecular flexibility index (Phi) is 40.4. The van der Waals surface area contributed by atoms with Crippen LogP contribution >= 0.6 is 11.8 Å². The normalized spacial score (nSPS) is 14.3. The van der Waals surface area contributed by atoms with Crippen LogP contribution in [0.4, 0.5) is 0 Å². The molecule has 0 radical (unpaired) electrons. The van der Waals surface area contributed by atoms with Crippen molar-refractivity contribution in [3.8, 4) is 0 Å². The summed E-state index contributed by atoms with van der Waals surface area (Å²) in [4.78, 5) is 152. The number of nitrogens with zero attached hydrogens (tertiary/aromatic N) is 4. The first-order valence-corrected chi connectivity index (χ1v) is 29.8. The summed E-state index contributed by atoms with van der Waals surface area (Å²) in [7, 11) is 0. The molecule has 0 aliphatic carbocycles. The minimum Gasteiger partial charge on any atom is -0.391 e. The third kappa shape index (κ3) is 35.3. The van der Waals surface area contributed by atoms with Crippen LogP contribution in [0.2, 0.25) is 0 Å². The van der Waals surface area contributed by atoms with E-state index in [1.165, 1.54) is 32.5 Å². The molecule has 490 valence electrons. The molecule has 0 fully saturated rings. The number of amides is 10. The molecule has 0 aliphatic heterocycles. The van der Waals surface area contributed by atoms with Crippen molar-refractivity contribution < 1.29 is 53.1 Å². The molecule has 0 heterocycles. The number of carbonyl (C=O) groups is 10. The number of nitrogens with two attached hydrogens (primary N) is 11. The molecular formula is C50H98N24O11S. The molecule has 0 spiro atoms. The highest BCUT2D eigenvalue weighted by molar-refractivity contribution is 7.98. The Labute approximate surface area is 505 Å². The average molecular weight is 1240 g/mol. The Morgan fingerprint density at radius 2 is 0.651 bits per heavy atom. The molecular weight excluding hydrogens is 1140 g/mol. The van der Waals surface area contributed by atoms with E-state index >= 15 is 0 Å². The van der Waals surface area contributed by atoms with Crippen LogP contribution in [0.3, 0.4) is 0 Å². The topological polar surface area (TPSA) is 635 Å². The maximum Gasteiger partial charge on any atom is 0.243 e. The van der Waals surface area contributed by atoms with E-state index in [2.05, 4.69) is 67.8 Å². The summed E-state index contributed by atoms with van der Waals surface area (Å²) in [5, 5.41) is 33.5. The van der Waals surface area contributed by atoms with Gasteiger partial charge in [0.1, 0.15) is 54.4 Å². The van der Waals surface area contributed by atoms with Crippen LogP contribution < -0.4 is 111 Å². The van der Waals surface area contributed by atoms with Crippen molar-refractivity contribution in [2.45, 2.75) is 178 Å². The average Bonchev–Trinajstić information content (AvgIpc) is 3.64. The highest BCUT2D eigenvalue weighted by atomic mass is 32.2. The van der Waals surface area contributed by atoms with Gasteiger partial charge in [-0.15, -0.1) is 0 Å². The second kappa shape index (κ2) is 44.5. The molecule has 0 saturated carbocycles. The first-order valence-electron chi connectivity index (χ1n) is 28.4. The van der Waals surface area contributed by atoms with Crippen molar-refractivity contribution in [2.75, 3.05) is 51.3 Å². The number of thioether (sulfide) groups is 1. The van der Waals surface area contributed by atoms with Gasteiger partial charge in [0.25, 0.3) is 0 Å². The third-order valence-corrected chi connectivity index (χ3v) is 13.3. The van der Waals surface area contributed by atoms with Crippen molar-refractivity contribution in [1.29, 1.82) is 0 Å². The van der Waals surface area contributed by atoms with E-state index < -0.39 is 120 Å². The van der Waals surface area contributed by atoms with Crippen molar-refractivity contribution in [3.05, 3.63) is 0 Å². The fraction of sp³-hybridized carbons (Fsp3) is 0.720. The molecule has 86 heavy (non-hydrogen) atoms. The predicted octanol–water partition coefficient (Wildman–Crippen LogP) is -8.52. The number of unbranched alkanes of at least 4 members (excludes halogenated alkanes) is 2. The minimum atomic E-state index is -1.53. The number of aliphatic hydroxyl groups is 1. The van der Waals surface area contributed by atoms with Gasteiger partial charge in [-0.1, -0.05) is 0 Å². The Morgan fingerprint density at radius 3 is 0.919 bits per heavy atom. The lowest BCUT2D eigenvalue weighted by molar-refractivity contribution is -0.136. The Bertz CT molecular complexity index is 2280. The minimum absolute atomic E-state index is 0.00515. The molecule has 0 aromatic carbocycles. The summed E-state index contributed by atoms with van der Waals surface area (Å²) in [5.74, 6) is -8.71. The number of nitrogens with one attached hydrogen (secondary N) is 9. The van der Waals surface area contributed by atoms with Crippen LogP contribution in [0.25, 0.3) is 0 Å². The number of primary amides is 1. The van der Waals surface area contributed by atoms with Gasteiger partial charge in [0.05, 0.1) is 6.10 Å². The highest BCUT2D eigenvalue weighted by Crippen LogP contribution is 2.12. The summed E-state index contributed by atoms with van der Waals surface area (Å²) in [6, 6.07) is -12.0. The van der Waals surface area contributed by atoms with E-state index in [0.29, 0.717) is 37.9 Å². The van der Waals surface area contributed by atoms with Crippen molar-refractivity contribution in [2.24, 2.45) is 83.0 Å². The van der Waals surface area contributed by atoms with Crippen LogP contribution in [0.5, 0.6) is 0 Å². The highest BCUT2D eigenvalue weighted by Gasteiger charge is 2.35. The number of carbonyl (C=O) groups excluding carboxylic acids is 10. The first-order chi connectivity index (χ1) is 40.6. The zero-order chi connectivity index (χ0) is 65.3. The molecule has 0 bridgehead atoms. The van der Waals surface area contributed by atoms with Crippen LogP contribution in [-0.4, -0.2) is 200 Å². The molecule has 0 rings (SSSR count). The summed E-state index contributed by atoms with van der Waals surface area (Å²) in [6.45, 7) is 4.51. The van der Waals surface area contributed by atoms with Crippen molar-refractivity contribution >= 4 is 94.7 Å². The number of hydrogen-bond donors (Lipinski definition) is 21. The van der Waals surface area contributed by atoms with Crippen LogP contribution in [-0.2, 0) is 47.9 Å². The molecule has 36 heteroatoms. The molecule has 0 unspecified atom stereocenters. The number of hydrogen-bond acceptors (Lipinski definition) is 18. The lowest BCUT2D eigenvalue weighted by Gasteiger charge is -2.28. The van der Waals surface area contributed by atoms with Gasteiger partial charge in [-0.2, -0.15) is 11.8 Å². The molecule has 0 aromatic heterocycles. The standard InChI is InChI=1S/C50H98N24O11S/c1-27(66-40(79)30(67-29(3)76)15-9-22-62-47(54)55)39(78)68-33(16-10-23-63-48(56)57)43(82)73-36(19-26-86-4)45(84)71-34(17-11-24-64-49(58)59)44(83)70-31(13-5-7-20-51)41(80)69-32(14-6-8-21-52)42(81)72-35(18-12-25-65-50(60)61)46(85)74-37(28(2)75)38(53)77/h27-28,30-37,75H,5-26,51-52H2,1-4H3,(H2,53,77)(H,66,79)(H,67,76)(H,68,78)(H,69,80)(H,70,83)(H,71,84)(H,72,81)(H,73,82)(H,74,85)(H4,54,55,62)(H4,56,57,63)(H4,58,59,64)(H4,60,61,65)/t27-,28+,30-,31-,32-,33-,34-,35-,36-,37-/m0/s1. The zero-order valence-corrected chi connectivity index (χ0v) is 50.7. The fourth-order valence-electron chi connectivity index (χ4n) is 8.08. The van der Waals surface area contributed by atoms with Gasteiger partial charge in [-0.3, -0.25) is 67.9 Å². The van der Waals surface area contributed by atoms with Gasteiger partial charge >= 0.3 is 0 Å². The predicted molar refractivity (Wildman–Crippen MR) is 328 cm³/mol. The number of aliphatic imine (C=N–C) groups is 4. The number of rotatable bonds is 46. The second-order valence-corrected chi connectivity index (χ2v) is 21.1. The van der Waals surface area contributed by atoms with E-state index in [0.717, 1.165) is 0 Å². The maximum atomic E-state index is 14.5. The SMILES string of the molecule is CSCC[C@H](NC(=O)[C@H](CCCN=C(N)N)NC(=O)[C@H](C)NC(=O)[C@H](CCCN=C(N)N)NC(C)=O)C(=O)N[C@@H](CCCN=C(N)N)C(=O)N[C@@H](CCCCN)C(=O)N[C@@H](CCCCN)C(=O)N[C@@H](CCCN=C(N)N)C(=O)N[C@H](C(N)=O)[C@@H](C)O. The summed E-state index contributed by atoms with van der Waals surface area (Å²) >= 11 is 1.34. The lowest BCUT2D eigenvalue weighted by atomic mass is 10.0. The number of guanidine groups is 4. The number of aliphatic hydroxyl groups excluding tert-OH is 1. The molecule has 0 saturated heterocycles. The van der Waals surface area contributed by atoms with Gasteiger partial charge < -0.3 is 116 Å². The molecule has 35 nitrogen and oxygen atoms in total. The molecule has 0 aromatic rings. The van der Waals surface area contributed by atoms with Crippen LogP contribution in [0, 0.1) is 0 Å². The smallest absolute Gasteiger partial charge is 0.243 e. The molecule has 10 atom stereocenters. The van der Waals surface area contributed by atoms with Crippen molar-refractivity contribution in [1.82, 2.24) is 47.9 Å². The van der Waals surface area contributed by atoms with Crippen LogP contribution in [0.1, 0.15) is 117 Å². The second-order valence-electron chi connectivity index (χ2n) is 20.1. The largest absolute Gasteiger partial charge is 0.391 e. The zero-order valence-electron chi connectivity index (χ0n) is 49.9. The Hall–Kier alpha value is -7.99. The monoisotopic (exact) mass is 1240 g/mol. The molecule has 32 N–H and O–H groups in total. The van der Waals surface area contributed by atoms with E-state index in [1.807, 2.05) is 0 Å². The van der Waals surface area contributed by atoms with E-state index in [1.54, 1.807) is 6.26 Å². The van der Waals surface area contributed by atoms with Gasteiger partial charge in [-0.25, -0.2) is 0 Å². The van der Waals surface area contributed by atoms with E-state index in [4.69, 9.17) is 63.1 Å². The Balaban J connectivity index is 7.09. The summed E-state index contributed by atoms with van der Waals surface area (Å²) < 4.78 is 0. The van der Waals surface area contributed by atoms with Gasteiger partial charge in [-0.05, 0) is 135 Å². The fourth-order valence-corrected chi connectivity index (χ4v) is 8.56. The van der Waals surface area contributed by atoms with Gasteiger partial charge in [0.2, 0.25) is 59.1 Å². The third-order valence-electron chi connectivity index (χ3n) is 12.6. The van der Waals surface area contributed by atoms with E-state index in [9.17, 15) is 53.1 Å². The van der Waals surface area contributed by atoms with Crippen LogP contribution in [0.15, 0.2) is 20.0 Å². The lowest BCUT2D eigenvalue weighted by Crippen LogP contribution is -2.60.